The molecule has 66 valence electrons. The van der Waals surface area contributed by atoms with Crippen molar-refractivity contribution in [2.24, 2.45) is 0 Å². The van der Waals surface area contributed by atoms with Gasteiger partial charge < -0.3 is 0 Å². The van der Waals surface area contributed by atoms with Crippen LogP contribution in [0.4, 0.5) is 0 Å². The molecule has 0 aliphatic carbocycles. The minimum absolute atomic E-state index is 0.770. The van der Waals surface area contributed by atoms with E-state index in [0.29, 0.717) is 0 Å². The predicted molar refractivity (Wildman–Crippen MR) is 54.7 cm³/mol. The van der Waals surface area contributed by atoms with Crippen molar-refractivity contribution in [3.8, 4) is 0 Å². The number of nitrogens with zero attached hydrogens (tertiary/aromatic N) is 2. The van der Waals surface area contributed by atoms with Crippen LogP contribution in [0, 0.1) is 6.92 Å². The van der Waals surface area contributed by atoms with Crippen LogP contribution in [0.15, 0.2) is 37.1 Å². The van der Waals surface area contributed by atoms with E-state index in [9.17, 15) is 0 Å². The van der Waals surface area contributed by atoms with E-state index in [2.05, 4.69) is 36.8 Å². The lowest BCUT2D eigenvalue weighted by Gasteiger charge is -1.98. The maximum atomic E-state index is 4.27. The van der Waals surface area contributed by atoms with Crippen LogP contribution in [0.1, 0.15) is 5.56 Å². The molecule has 1 aromatic heterocycles. The first kappa shape index (κ1) is 8.05. The summed E-state index contributed by atoms with van der Waals surface area (Å²) in [5.41, 5.74) is 2.44. The van der Waals surface area contributed by atoms with Gasteiger partial charge in [-0.25, -0.2) is 0 Å². The van der Waals surface area contributed by atoms with Crippen molar-refractivity contribution in [3.05, 3.63) is 42.6 Å². The largest absolute Gasteiger partial charge is 0.261 e. The van der Waals surface area contributed by atoms with Crippen LogP contribution in [-0.4, -0.2) is 9.78 Å². The Labute approximate surface area is 77.5 Å². The molecule has 0 fully saturated rings. The fraction of sp³-hybridized carbons (Fsp3) is 0.182. The lowest BCUT2D eigenvalue weighted by Crippen LogP contribution is -1.95. The Kier molecular flexibility index (Phi) is 1.89. The molecular weight excluding hydrogens is 160 g/mol. The number of hydrogen-bond acceptors (Lipinski definition) is 1. The van der Waals surface area contributed by atoms with E-state index in [1.54, 1.807) is 0 Å². The summed E-state index contributed by atoms with van der Waals surface area (Å²) in [5, 5.41) is 5.47. The Morgan fingerprint density at radius 2 is 2.38 bits per heavy atom. The third-order valence-electron chi connectivity index (χ3n) is 2.10. The summed E-state index contributed by atoms with van der Waals surface area (Å²) in [6.45, 7) is 6.56. The molecule has 0 aliphatic rings. The van der Waals surface area contributed by atoms with Gasteiger partial charge in [0.25, 0.3) is 0 Å². The zero-order valence-corrected chi connectivity index (χ0v) is 7.70. The molecule has 1 aromatic carbocycles. The van der Waals surface area contributed by atoms with E-state index in [-0.39, 0.29) is 0 Å². The van der Waals surface area contributed by atoms with Gasteiger partial charge in [-0.15, -0.1) is 6.58 Å². The molecule has 0 saturated heterocycles. The van der Waals surface area contributed by atoms with Crippen molar-refractivity contribution in [1.82, 2.24) is 9.78 Å². The second kappa shape index (κ2) is 3.05. The molecule has 2 rings (SSSR count). The third-order valence-corrected chi connectivity index (χ3v) is 2.10. The lowest BCUT2D eigenvalue weighted by atomic mass is 10.2. The molecule has 1 heterocycles. The van der Waals surface area contributed by atoms with Gasteiger partial charge >= 0.3 is 0 Å². The standard InChI is InChI=1S/C11H12N2/c1-3-6-13-11-5-4-9(2)7-10(11)8-12-13/h3-5,7-8H,1,6H2,2H3. The molecule has 0 bridgehead atoms. The number of fused-ring (bicyclic) bond motifs is 1. The van der Waals surface area contributed by atoms with E-state index < -0.39 is 0 Å². The zero-order valence-electron chi connectivity index (χ0n) is 7.70. The Hall–Kier alpha value is -1.57. The van der Waals surface area contributed by atoms with Gasteiger partial charge in [-0.2, -0.15) is 5.10 Å². The first-order chi connectivity index (χ1) is 6.31. The van der Waals surface area contributed by atoms with Crippen LogP contribution in [0.3, 0.4) is 0 Å². The molecule has 0 unspecified atom stereocenters. The van der Waals surface area contributed by atoms with Crippen LogP contribution in [0.2, 0.25) is 0 Å². The molecular formula is C11H12N2. The Balaban J connectivity index is 2.61. The van der Waals surface area contributed by atoms with Gasteiger partial charge in [0.1, 0.15) is 0 Å². The van der Waals surface area contributed by atoms with E-state index in [1.807, 2.05) is 17.0 Å². The highest BCUT2D eigenvalue weighted by Crippen LogP contribution is 2.14. The minimum atomic E-state index is 0.770. The SMILES string of the molecule is C=CCn1ncc2cc(C)ccc21. The smallest absolute Gasteiger partial charge is 0.0686 e. The Morgan fingerprint density at radius 1 is 1.54 bits per heavy atom. The van der Waals surface area contributed by atoms with E-state index in [0.717, 1.165) is 6.54 Å². The van der Waals surface area contributed by atoms with Gasteiger partial charge in [0, 0.05) is 5.39 Å². The molecule has 2 aromatic rings. The van der Waals surface area contributed by atoms with Crippen LogP contribution >= 0.6 is 0 Å². The highest BCUT2D eigenvalue weighted by Gasteiger charge is 1.99. The summed E-state index contributed by atoms with van der Waals surface area (Å²) in [7, 11) is 0. The van der Waals surface area contributed by atoms with Crippen LogP contribution < -0.4 is 0 Å². The molecule has 2 heteroatoms. The average molecular weight is 172 g/mol. The summed E-state index contributed by atoms with van der Waals surface area (Å²) in [4.78, 5) is 0. The number of allylic oxidation sites excluding steroid dienone is 1. The second-order valence-electron chi connectivity index (χ2n) is 3.18. The minimum Gasteiger partial charge on any atom is -0.261 e. The van der Waals surface area contributed by atoms with Crippen molar-refractivity contribution >= 4 is 10.9 Å². The maximum absolute atomic E-state index is 4.27. The quantitative estimate of drug-likeness (QED) is 0.636. The summed E-state index contributed by atoms with van der Waals surface area (Å²) < 4.78 is 1.95. The molecule has 13 heavy (non-hydrogen) atoms. The van der Waals surface area contributed by atoms with E-state index in [1.165, 1.54) is 16.5 Å². The van der Waals surface area contributed by atoms with Crippen LogP contribution in [0.25, 0.3) is 10.9 Å². The highest BCUT2D eigenvalue weighted by molar-refractivity contribution is 5.79. The lowest BCUT2D eigenvalue weighted by molar-refractivity contribution is 0.729. The number of aryl methyl sites for hydroxylation is 1. The predicted octanol–water partition coefficient (Wildman–Crippen LogP) is 2.53. The molecule has 0 spiro atoms. The second-order valence-corrected chi connectivity index (χ2v) is 3.18. The van der Waals surface area contributed by atoms with Crippen molar-refractivity contribution in [2.45, 2.75) is 13.5 Å². The molecule has 0 saturated carbocycles. The summed E-state index contributed by atoms with van der Waals surface area (Å²) in [6, 6.07) is 6.34. The van der Waals surface area contributed by atoms with Crippen molar-refractivity contribution in [2.75, 3.05) is 0 Å². The van der Waals surface area contributed by atoms with Crippen LogP contribution in [-0.2, 0) is 6.54 Å². The highest BCUT2D eigenvalue weighted by atomic mass is 15.3. The first-order valence-electron chi connectivity index (χ1n) is 4.34. The first-order valence-corrected chi connectivity index (χ1v) is 4.34. The van der Waals surface area contributed by atoms with E-state index >= 15 is 0 Å². The molecule has 0 aliphatic heterocycles. The summed E-state index contributed by atoms with van der Waals surface area (Å²) >= 11 is 0. The van der Waals surface area contributed by atoms with Gasteiger partial charge in [-0.3, -0.25) is 4.68 Å². The maximum Gasteiger partial charge on any atom is 0.0686 e. The normalized spacial score (nSPS) is 10.5. The summed E-state index contributed by atoms with van der Waals surface area (Å²) in [5.74, 6) is 0. The van der Waals surface area contributed by atoms with E-state index in [4.69, 9.17) is 0 Å². The van der Waals surface area contributed by atoms with Crippen molar-refractivity contribution in [3.63, 3.8) is 0 Å². The Bertz CT molecular complexity index is 440. The van der Waals surface area contributed by atoms with Gasteiger partial charge in [-0.05, 0) is 19.1 Å². The molecule has 2 nitrogen and oxygen atoms in total. The fourth-order valence-electron chi connectivity index (χ4n) is 1.47. The van der Waals surface area contributed by atoms with Gasteiger partial charge in [0.2, 0.25) is 0 Å². The summed E-state index contributed by atoms with van der Waals surface area (Å²) in [6.07, 6.45) is 3.75. The number of hydrogen-bond donors (Lipinski definition) is 0. The van der Waals surface area contributed by atoms with Crippen molar-refractivity contribution in [1.29, 1.82) is 0 Å². The fourth-order valence-corrected chi connectivity index (χ4v) is 1.47. The molecule has 0 atom stereocenters. The number of rotatable bonds is 2. The number of benzene rings is 1. The van der Waals surface area contributed by atoms with Crippen LogP contribution in [0.5, 0.6) is 0 Å². The van der Waals surface area contributed by atoms with Crippen molar-refractivity contribution < 1.29 is 0 Å². The number of aromatic nitrogens is 2. The topological polar surface area (TPSA) is 17.8 Å². The third kappa shape index (κ3) is 1.35. The average Bonchev–Trinajstić information content (AvgIpc) is 2.49. The molecule has 0 radical (unpaired) electrons. The monoisotopic (exact) mass is 172 g/mol. The van der Waals surface area contributed by atoms with Gasteiger partial charge in [0.05, 0.1) is 18.3 Å². The molecule has 0 amide bonds. The van der Waals surface area contributed by atoms with Gasteiger partial charge in [-0.1, -0.05) is 17.7 Å². The molecule has 0 N–H and O–H groups in total. The Morgan fingerprint density at radius 3 is 3.15 bits per heavy atom. The zero-order chi connectivity index (χ0) is 9.26. The van der Waals surface area contributed by atoms with Gasteiger partial charge in [0.15, 0.2) is 0 Å².